The van der Waals surface area contributed by atoms with Gasteiger partial charge in [-0.05, 0) is 25.7 Å². The van der Waals surface area contributed by atoms with Crippen molar-refractivity contribution in [2.24, 2.45) is 11.8 Å². The lowest BCUT2D eigenvalue weighted by Crippen LogP contribution is -2.13. The van der Waals surface area contributed by atoms with Crippen molar-refractivity contribution in [1.82, 2.24) is 0 Å². The summed E-state index contributed by atoms with van der Waals surface area (Å²) in [7, 11) is 0. The van der Waals surface area contributed by atoms with Crippen LogP contribution in [0.1, 0.15) is 39.0 Å². The van der Waals surface area contributed by atoms with Crippen molar-refractivity contribution in [1.29, 1.82) is 0 Å². The van der Waals surface area contributed by atoms with Gasteiger partial charge in [0.05, 0.1) is 12.5 Å². The Balaban J connectivity index is 1.79. The van der Waals surface area contributed by atoms with Gasteiger partial charge in [-0.25, -0.2) is 0 Å². The summed E-state index contributed by atoms with van der Waals surface area (Å²) in [6.07, 6.45) is 8.68. The van der Waals surface area contributed by atoms with Gasteiger partial charge in [0.15, 0.2) is 0 Å². The van der Waals surface area contributed by atoms with Gasteiger partial charge in [0.25, 0.3) is 0 Å². The lowest BCUT2D eigenvalue weighted by molar-refractivity contribution is -0.144. The van der Waals surface area contributed by atoms with E-state index < -0.39 is 0 Å². The van der Waals surface area contributed by atoms with E-state index in [1.54, 1.807) is 0 Å². The number of rotatable bonds is 3. The van der Waals surface area contributed by atoms with Crippen LogP contribution < -0.4 is 0 Å². The molecule has 2 aliphatic carbocycles. The molecule has 0 saturated heterocycles. The van der Waals surface area contributed by atoms with E-state index in [0.717, 1.165) is 0 Å². The first kappa shape index (κ1) is 9.75. The molecule has 1 fully saturated rings. The number of hydrogen-bond donors (Lipinski definition) is 0. The van der Waals surface area contributed by atoms with Gasteiger partial charge < -0.3 is 4.74 Å². The minimum atomic E-state index is -0.0342. The molecule has 0 radical (unpaired) electrons. The molecule has 2 heteroatoms. The van der Waals surface area contributed by atoms with Crippen LogP contribution in [0.15, 0.2) is 11.6 Å². The maximum Gasteiger partial charge on any atom is 0.316 e. The molecule has 0 N–H and O–H groups in total. The van der Waals surface area contributed by atoms with E-state index >= 15 is 0 Å². The van der Waals surface area contributed by atoms with Gasteiger partial charge in [-0.15, -0.1) is 0 Å². The Labute approximate surface area is 85.3 Å². The molecular formula is C12H18O2. The number of carbonyl (C=O) groups is 1. The van der Waals surface area contributed by atoms with Crippen molar-refractivity contribution in [3.05, 3.63) is 11.6 Å². The highest BCUT2D eigenvalue weighted by Crippen LogP contribution is 2.43. The van der Waals surface area contributed by atoms with E-state index in [1.807, 2.05) is 6.92 Å². The van der Waals surface area contributed by atoms with Crippen molar-refractivity contribution < 1.29 is 9.53 Å². The zero-order valence-electron chi connectivity index (χ0n) is 8.79. The second-order valence-electron chi connectivity index (χ2n) is 4.23. The zero-order chi connectivity index (χ0) is 9.97. The Morgan fingerprint density at radius 2 is 2.14 bits per heavy atom. The van der Waals surface area contributed by atoms with Crippen molar-refractivity contribution >= 4 is 5.97 Å². The van der Waals surface area contributed by atoms with E-state index in [9.17, 15) is 4.79 Å². The highest BCUT2D eigenvalue weighted by atomic mass is 16.5. The fourth-order valence-electron chi connectivity index (χ4n) is 2.41. The highest BCUT2D eigenvalue weighted by Gasteiger charge is 2.38. The van der Waals surface area contributed by atoms with Gasteiger partial charge in [0, 0.05) is 0 Å². The van der Waals surface area contributed by atoms with Gasteiger partial charge in [0.2, 0.25) is 0 Å². The molecule has 0 aromatic carbocycles. The average Bonchev–Trinajstić information content (AvgIpc) is 2.99. The second-order valence-corrected chi connectivity index (χ2v) is 4.23. The quantitative estimate of drug-likeness (QED) is 0.510. The molecule has 0 spiro atoms. The third kappa shape index (κ3) is 1.99. The molecule has 0 bridgehead atoms. The van der Waals surface area contributed by atoms with E-state index in [-0.39, 0.29) is 11.9 Å². The first-order valence-electron chi connectivity index (χ1n) is 5.71. The first-order chi connectivity index (χ1) is 6.83. The molecule has 2 aliphatic rings. The minimum absolute atomic E-state index is 0.0342. The summed E-state index contributed by atoms with van der Waals surface area (Å²) in [6.45, 7) is 2.36. The Kier molecular flexibility index (Phi) is 2.90. The number of carbonyl (C=O) groups excluding carboxylic acids is 1. The van der Waals surface area contributed by atoms with E-state index in [4.69, 9.17) is 4.74 Å². The monoisotopic (exact) mass is 194 g/mol. The molecule has 0 aromatic rings. The first-order valence-corrected chi connectivity index (χ1v) is 5.71. The Morgan fingerprint density at radius 1 is 1.43 bits per heavy atom. The summed E-state index contributed by atoms with van der Waals surface area (Å²) in [5, 5.41) is 0. The highest BCUT2D eigenvalue weighted by molar-refractivity contribution is 5.83. The summed E-state index contributed by atoms with van der Waals surface area (Å²) in [5.74, 6) is 0.712. The normalized spacial score (nSPS) is 26.9. The van der Waals surface area contributed by atoms with Crippen LogP contribution in [0.25, 0.3) is 0 Å². The summed E-state index contributed by atoms with van der Waals surface area (Å²) in [6, 6.07) is 0. The smallest absolute Gasteiger partial charge is 0.316 e. The SMILES string of the molecule is CCOC(=O)C1C=C1C1CCCCC1. The largest absolute Gasteiger partial charge is 0.465 e. The molecule has 0 amide bonds. The van der Waals surface area contributed by atoms with Gasteiger partial charge in [-0.2, -0.15) is 0 Å². The number of ether oxygens (including phenoxy) is 1. The van der Waals surface area contributed by atoms with E-state index in [0.29, 0.717) is 12.5 Å². The van der Waals surface area contributed by atoms with Gasteiger partial charge in [0.1, 0.15) is 0 Å². The molecule has 1 saturated carbocycles. The van der Waals surface area contributed by atoms with Gasteiger partial charge >= 0.3 is 5.97 Å². The molecule has 78 valence electrons. The van der Waals surface area contributed by atoms with Crippen LogP contribution in [-0.4, -0.2) is 12.6 Å². The lowest BCUT2D eigenvalue weighted by Gasteiger charge is -2.19. The lowest BCUT2D eigenvalue weighted by atomic mass is 9.86. The Bertz CT molecular complexity index is 249. The van der Waals surface area contributed by atoms with Crippen molar-refractivity contribution in [2.45, 2.75) is 39.0 Å². The molecule has 1 unspecified atom stereocenters. The average molecular weight is 194 g/mol. The molecule has 1 atom stereocenters. The van der Waals surface area contributed by atoms with Crippen LogP contribution in [0.2, 0.25) is 0 Å². The summed E-state index contributed by atoms with van der Waals surface area (Å²) in [5.41, 5.74) is 1.36. The van der Waals surface area contributed by atoms with Crippen LogP contribution >= 0.6 is 0 Å². The third-order valence-corrected chi connectivity index (χ3v) is 3.23. The Morgan fingerprint density at radius 3 is 2.79 bits per heavy atom. The summed E-state index contributed by atoms with van der Waals surface area (Å²) < 4.78 is 5.00. The second kappa shape index (κ2) is 4.16. The van der Waals surface area contributed by atoms with Crippen LogP contribution in [-0.2, 0) is 9.53 Å². The minimum Gasteiger partial charge on any atom is -0.465 e. The maximum absolute atomic E-state index is 11.4. The van der Waals surface area contributed by atoms with Gasteiger partial charge in [-0.1, -0.05) is 30.9 Å². The third-order valence-electron chi connectivity index (χ3n) is 3.23. The topological polar surface area (TPSA) is 26.3 Å². The fraction of sp³-hybridized carbons (Fsp3) is 0.750. The van der Waals surface area contributed by atoms with Crippen molar-refractivity contribution in [3.63, 3.8) is 0 Å². The molecule has 2 rings (SSSR count). The van der Waals surface area contributed by atoms with E-state index in [2.05, 4.69) is 6.08 Å². The van der Waals surface area contributed by atoms with Crippen LogP contribution in [0.4, 0.5) is 0 Å². The van der Waals surface area contributed by atoms with Crippen LogP contribution in [0.3, 0.4) is 0 Å². The van der Waals surface area contributed by atoms with E-state index in [1.165, 1.54) is 37.7 Å². The number of esters is 1. The maximum atomic E-state index is 11.4. The molecule has 0 aliphatic heterocycles. The predicted octanol–water partition coefficient (Wildman–Crippen LogP) is 2.69. The molecule has 14 heavy (non-hydrogen) atoms. The van der Waals surface area contributed by atoms with Crippen LogP contribution in [0, 0.1) is 11.8 Å². The van der Waals surface area contributed by atoms with Crippen molar-refractivity contribution in [3.8, 4) is 0 Å². The Hall–Kier alpha value is -0.790. The van der Waals surface area contributed by atoms with Crippen molar-refractivity contribution in [2.75, 3.05) is 6.61 Å². The zero-order valence-corrected chi connectivity index (χ0v) is 8.79. The molecular weight excluding hydrogens is 176 g/mol. The molecule has 0 heterocycles. The molecule has 2 nitrogen and oxygen atoms in total. The fourth-order valence-corrected chi connectivity index (χ4v) is 2.41. The van der Waals surface area contributed by atoms with Crippen LogP contribution in [0.5, 0.6) is 0 Å². The summed E-state index contributed by atoms with van der Waals surface area (Å²) >= 11 is 0. The number of hydrogen-bond acceptors (Lipinski definition) is 2. The predicted molar refractivity (Wildman–Crippen MR) is 54.8 cm³/mol. The summed E-state index contributed by atoms with van der Waals surface area (Å²) in [4.78, 5) is 11.4. The van der Waals surface area contributed by atoms with Gasteiger partial charge in [-0.3, -0.25) is 4.79 Å². The standard InChI is InChI=1S/C12H18O2/c1-2-14-12(13)11-8-10(11)9-6-4-3-5-7-9/h8-9,11H,2-7H2,1H3. The molecule has 0 aromatic heterocycles.